The molecule has 0 aliphatic carbocycles. The Morgan fingerprint density at radius 1 is 1.24 bits per heavy atom. The second-order valence-electron chi connectivity index (χ2n) is 5.35. The minimum atomic E-state index is 0.232. The highest BCUT2D eigenvalue weighted by Crippen LogP contribution is 2.19. The van der Waals surface area contributed by atoms with Crippen LogP contribution in [0.1, 0.15) is 12.0 Å². The molecule has 5 heteroatoms. The van der Waals surface area contributed by atoms with Crippen LogP contribution < -0.4 is 0 Å². The molecule has 1 N–H and O–H groups in total. The van der Waals surface area contributed by atoms with Gasteiger partial charge in [-0.25, -0.2) is 0 Å². The van der Waals surface area contributed by atoms with Crippen LogP contribution in [0, 0.1) is 0 Å². The van der Waals surface area contributed by atoms with Crippen molar-refractivity contribution in [3.8, 4) is 0 Å². The third-order valence-electron chi connectivity index (χ3n) is 4.13. The maximum Gasteiger partial charge on any atom is 0.222 e. The molecule has 1 saturated heterocycles. The minimum Gasteiger partial charge on any atom is -0.361 e. The summed E-state index contributed by atoms with van der Waals surface area (Å²) in [7, 11) is 1.68. The number of aryl methyl sites for hydroxylation is 1. The van der Waals surface area contributed by atoms with E-state index in [0.29, 0.717) is 6.42 Å². The summed E-state index contributed by atoms with van der Waals surface area (Å²) in [5.74, 6) is 0.232. The van der Waals surface area contributed by atoms with Gasteiger partial charge in [0.2, 0.25) is 5.91 Å². The van der Waals surface area contributed by atoms with E-state index in [4.69, 9.17) is 4.84 Å². The summed E-state index contributed by atoms with van der Waals surface area (Å²) in [5, 5.41) is 3.11. The van der Waals surface area contributed by atoms with Crippen LogP contribution in [0.2, 0.25) is 0 Å². The summed E-state index contributed by atoms with van der Waals surface area (Å²) in [5.41, 5.74) is 2.35. The second-order valence-corrected chi connectivity index (χ2v) is 5.35. The molecular formula is C16H21N3O2. The Bertz CT molecular complexity index is 615. The lowest BCUT2D eigenvalue weighted by molar-refractivity contribution is -0.161. The summed E-state index contributed by atoms with van der Waals surface area (Å²) in [6.45, 7) is 3.08. The van der Waals surface area contributed by atoms with E-state index in [1.165, 1.54) is 10.9 Å². The predicted octanol–water partition coefficient (Wildman–Crippen LogP) is 1.81. The van der Waals surface area contributed by atoms with Crippen LogP contribution in [0.25, 0.3) is 10.9 Å². The quantitative estimate of drug-likeness (QED) is 0.933. The van der Waals surface area contributed by atoms with Crippen LogP contribution in [-0.4, -0.2) is 54.1 Å². The third kappa shape index (κ3) is 3.09. The number of fused-ring (bicyclic) bond motifs is 1. The number of benzene rings is 1. The van der Waals surface area contributed by atoms with E-state index in [9.17, 15) is 4.79 Å². The van der Waals surface area contributed by atoms with Crippen molar-refractivity contribution in [1.29, 1.82) is 0 Å². The smallest absolute Gasteiger partial charge is 0.222 e. The van der Waals surface area contributed by atoms with Gasteiger partial charge in [-0.05, 0) is 18.1 Å². The molecule has 0 spiro atoms. The number of nitrogens with zero attached hydrogens (tertiary/aromatic N) is 2. The van der Waals surface area contributed by atoms with Gasteiger partial charge in [0.25, 0.3) is 0 Å². The van der Waals surface area contributed by atoms with Gasteiger partial charge in [0.05, 0.1) is 7.11 Å². The summed E-state index contributed by atoms with van der Waals surface area (Å²) in [6.07, 6.45) is 3.36. The van der Waals surface area contributed by atoms with Crippen LogP contribution in [0.4, 0.5) is 0 Å². The Morgan fingerprint density at radius 2 is 2.00 bits per heavy atom. The Morgan fingerprint density at radius 3 is 2.76 bits per heavy atom. The zero-order valence-electron chi connectivity index (χ0n) is 12.3. The molecule has 1 aromatic carbocycles. The fourth-order valence-electron chi connectivity index (χ4n) is 2.86. The first-order chi connectivity index (χ1) is 10.3. The van der Waals surface area contributed by atoms with E-state index in [1.54, 1.807) is 7.11 Å². The standard InChI is InChI=1S/C16H21N3O2/c1-21-19-10-8-18(9-11-19)16(20)7-6-13-12-17-15-5-3-2-4-14(13)15/h2-5,12,17H,6-11H2,1H3. The molecule has 0 atom stereocenters. The number of para-hydroxylation sites is 1. The summed E-state index contributed by atoms with van der Waals surface area (Å²) < 4.78 is 0. The van der Waals surface area contributed by atoms with E-state index in [1.807, 2.05) is 28.3 Å². The van der Waals surface area contributed by atoms with Crippen LogP contribution in [0.3, 0.4) is 0 Å². The first-order valence-electron chi connectivity index (χ1n) is 7.40. The number of aromatic nitrogens is 1. The molecule has 21 heavy (non-hydrogen) atoms. The average Bonchev–Trinajstić information content (AvgIpc) is 2.96. The maximum atomic E-state index is 12.3. The van der Waals surface area contributed by atoms with Crippen molar-refractivity contribution in [3.05, 3.63) is 36.0 Å². The average molecular weight is 287 g/mol. The van der Waals surface area contributed by atoms with Crippen molar-refractivity contribution in [2.45, 2.75) is 12.8 Å². The van der Waals surface area contributed by atoms with Gasteiger partial charge in [-0.2, -0.15) is 5.06 Å². The van der Waals surface area contributed by atoms with Crippen molar-refractivity contribution >= 4 is 16.8 Å². The van der Waals surface area contributed by atoms with Crippen LogP contribution in [0.15, 0.2) is 30.5 Å². The number of aromatic amines is 1. The molecule has 3 rings (SSSR count). The number of carbonyl (C=O) groups excluding carboxylic acids is 1. The third-order valence-corrected chi connectivity index (χ3v) is 4.13. The molecule has 112 valence electrons. The SMILES string of the molecule is CON1CCN(C(=O)CCc2c[nH]c3ccccc23)CC1. The Labute approximate surface area is 124 Å². The van der Waals surface area contributed by atoms with Gasteiger partial charge in [0.15, 0.2) is 0 Å². The number of rotatable bonds is 4. The second kappa shape index (κ2) is 6.28. The largest absolute Gasteiger partial charge is 0.361 e. The van der Waals surface area contributed by atoms with Gasteiger partial charge in [0, 0.05) is 49.7 Å². The highest BCUT2D eigenvalue weighted by Gasteiger charge is 2.20. The Kier molecular flexibility index (Phi) is 4.22. The Hall–Kier alpha value is -1.85. The topological polar surface area (TPSA) is 48.6 Å². The number of hydrogen-bond donors (Lipinski definition) is 1. The molecule has 1 aromatic heterocycles. The highest BCUT2D eigenvalue weighted by atomic mass is 16.7. The number of amides is 1. The molecule has 2 heterocycles. The normalized spacial score (nSPS) is 16.5. The molecular weight excluding hydrogens is 266 g/mol. The van der Waals surface area contributed by atoms with Gasteiger partial charge < -0.3 is 14.7 Å². The summed E-state index contributed by atoms with van der Waals surface area (Å²) >= 11 is 0. The fourth-order valence-corrected chi connectivity index (χ4v) is 2.86. The zero-order chi connectivity index (χ0) is 14.7. The number of carbonyl (C=O) groups is 1. The van der Waals surface area contributed by atoms with Gasteiger partial charge in [-0.1, -0.05) is 18.2 Å². The van der Waals surface area contributed by atoms with Gasteiger partial charge in [-0.15, -0.1) is 0 Å². The molecule has 1 fully saturated rings. The lowest BCUT2D eigenvalue weighted by Gasteiger charge is -2.33. The molecule has 5 nitrogen and oxygen atoms in total. The molecule has 1 aliphatic heterocycles. The first-order valence-corrected chi connectivity index (χ1v) is 7.40. The lowest BCUT2D eigenvalue weighted by atomic mass is 10.1. The maximum absolute atomic E-state index is 12.3. The van der Waals surface area contributed by atoms with Gasteiger partial charge in [-0.3, -0.25) is 4.79 Å². The molecule has 0 unspecified atom stereocenters. The molecule has 0 radical (unpaired) electrons. The molecule has 1 aliphatic rings. The van der Waals surface area contributed by atoms with Crippen molar-refractivity contribution in [1.82, 2.24) is 14.9 Å². The van der Waals surface area contributed by atoms with Crippen molar-refractivity contribution in [3.63, 3.8) is 0 Å². The van der Waals surface area contributed by atoms with Gasteiger partial charge in [0.1, 0.15) is 0 Å². The van der Waals surface area contributed by atoms with Crippen LogP contribution in [-0.2, 0) is 16.1 Å². The molecule has 0 saturated carbocycles. The van der Waals surface area contributed by atoms with E-state index < -0.39 is 0 Å². The lowest BCUT2D eigenvalue weighted by Crippen LogP contribution is -2.48. The first kappa shape index (κ1) is 14.1. The summed E-state index contributed by atoms with van der Waals surface area (Å²) in [6, 6.07) is 8.21. The number of hydroxylamine groups is 2. The zero-order valence-corrected chi connectivity index (χ0v) is 12.3. The molecule has 1 amide bonds. The minimum absolute atomic E-state index is 0.232. The summed E-state index contributed by atoms with van der Waals surface area (Å²) in [4.78, 5) is 22.6. The highest BCUT2D eigenvalue weighted by molar-refractivity contribution is 5.84. The predicted molar refractivity (Wildman–Crippen MR) is 81.8 cm³/mol. The van der Waals surface area contributed by atoms with Crippen molar-refractivity contribution in [2.75, 3.05) is 33.3 Å². The van der Waals surface area contributed by atoms with Crippen molar-refractivity contribution < 1.29 is 9.63 Å². The van der Waals surface area contributed by atoms with E-state index in [-0.39, 0.29) is 5.91 Å². The number of piperazine rings is 1. The van der Waals surface area contributed by atoms with Crippen LogP contribution >= 0.6 is 0 Å². The molecule has 2 aromatic rings. The fraction of sp³-hybridized carbons (Fsp3) is 0.438. The number of nitrogens with one attached hydrogen (secondary N) is 1. The number of hydrogen-bond acceptors (Lipinski definition) is 3. The van der Waals surface area contributed by atoms with E-state index >= 15 is 0 Å². The number of H-pyrrole nitrogens is 1. The molecule has 0 bridgehead atoms. The van der Waals surface area contributed by atoms with Crippen LogP contribution in [0.5, 0.6) is 0 Å². The van der Waals surface area contributed by atoms with Gasteiger partial charge >= 0.3 is 0 Å². The van der Waals surface area contributed by atoms with E-state index in [0.717, 1.165) is 38.1 Å². The van der Waals surface area contributed by atoms with Crippen molar-refractivity contribution in [2.24, 2.45) is 0 Å². The Balaban J connectivity index is 1.56. The van der Waals surface area contributed by atoms with E-state index in [2.05, 4.69) is 17.1 Å². The monoisotopic (exact) mass is 287 g/mol.